The Hall–Kier alpha value is -2.34. The molecule has 0 heteroatoms. The molecule has 0 spiro atoms. The number of rotatable bonds is 0. The molecule has 5 rings (SSSR count). The van der Waals surface area contributed by atoms with Crippen molar-refractivity contribution >= 4 is 0 Å². The fourth-order valence-electron chi connectivity index (χ4n) is 8.10. The van der Waals surface area contributed by atoms with Crippen molar-refractivity contribution < 1.29 is 0 Å². The van der Waals surface area contributed by atoms with Gasteiger partial charge in [-0.25, -0.2) is 0 Å². The first-order valence-corrected chi connectivity index (χ1v) is 14.1. The first-order valence-electron chi connectivity index (χ1n) is 14.1. The van der Waals surface area contributed by atoms with E-state index in [0.29, 0.717) is 23.7 Å². The molecule has 8 bridgehead atoms. The number of fused-ring (bicyclic) bond motifs is 6. The van der Waals surface area contributed by atoms with Crippen molar-refractivity contribution in [2.24, 2.45) is 23.7 Å². The number of allylic oxidation sites excluding steroid dienone is 18. The summed E-state index contributed by atoms with van der Waals surface area (Å²) in [6, 6.07) is 0. The van der Waals surface area contributed by atoms with Crippen molar-refractivity contribution in [1.82, 2.24) is 0 Å². The van der Waals surface area contributed by atoms with Crippen molar-refractivity contribution in [2.75, 3.05) is 0 Å². The molecular weight excluding hydrogens is 432 g/mol. The minimum Gasteiger partial charge on any atom is -0.0689 e. The van der Waals surface area contributed by atoms with Gasteiger partial charge < -0.3 is 0 Å². The second-order valence-corrected chi connectivity index (χ2v) is 12.5. The highest BCUT2D eigenvalue weighted by Crippen LogP contribution is 2.52. The summed E-state index contributed by atoms with van der Waals surface area (Å²) in [6.07, 6.45) is 7.47. The molecule has 0 nitrogen and oxygen atoms in total. The van der Waals surface area contributed by atoms with Crippen LogP contribution in [0.5, 0.6) is 0 Å². The topological polar surface area (TPSA) is 0 Å². The molecule has 0 radical (unpaired) electrons. The van der Waals surface area contributed by atoms with Crippen LogP contribution in [0.1, 0.15) is 95.9 Å². The van der Waals surface area contributed by atoms with E-state index in [4.69, 9.17) is 0 Å². The summed E-state index contributed by atoms with van der Waals surface area (Å²) < 4.78 is 0. The van der Waals surface area contributed by atoms with E-state index < -0.39 is 0 Å². The van der Waals surface area contributed by atoms with Gasteiger partial charge in [-0.1, -0.05) is 42.7 Å². The number of hydrogen-bond acceptors (Lipinski definition) is 0. The lowest BCUT2D eigenvalue weighted by Crippen LogP contribution is -2.13. The second kappa shape index (κ2) is 8.61. The van der Waals surface area contributed by atoms with E-state index in [0.717, 1.165) is 6.42 Å². The molecule has 0 amide bonds. The predicted octanol–water partition coefficient (Wildman–Crippen LogP) is 10.5. The van der Waals surface area contributed by atoms with Crippen molar-refractivity contribution in [3.63, 3.8) is 0 Å². The van der Waals surface area contributed by atoms with E-state index in [1.54, 1.807) is 39.0 Å². The Kier molecular flexibility index (Phi) is 6.06. The Balaban J connectivity index is 1.76. The Morgan fingerprint density at radius 3 is 1.92 bits per heavy atom. The molecular formula is C36H46. The van der Waals surface area contributed by atoms with Crippen LogP contribution in [0.4, 0.5) is 0 Å². The van der Waals surface area contributed by atoms with Crippen LogP contribution in [0.15, 0.2) is 101 Å². The first kappa shape index (κ1) is 25.3. The normalized spacial score (nSPS) is 35.2. The second-order valence-electron chi connectivity index (χ2n) is 12.5. The maximum Gasteiger partial charge on any atom is 0.00523 e. The molecule has 0 aromatic carbocycles. The van der Waals surface area contributed by atoms with Crippen LogP contribution in [-0.4, -0.2) is 0 Å². The van der Waals surface area contributed by atoms with Gasteiger partial charge in [-0.3, -0.25) is 0 Å². The highest BCUT2D eigenvalue weighted by molar-refractivity contribution is 5.66. The van der Waals surface area contributed by atoms with Gasteiger partial charge in [-0.15, -0.1) is 0 Å². The van der Waals surface area contributed by atoms with Gasteiger partial charge in [-0.05, 0) is 172 Å². The van der Waals surface area contributed by atoms with Crippen LogP contribution >= 0.6 is 0 Å². The summed E-state index contributed by atoms with van der Waals surface area (Å²) >= 11 is 0. The van der Waals surface area contributed by atoms with Crippen LogP contribution in [0.25, 0.3) is 0 Å². The summed E-state index contributed by atoms with van der Waals surface area (Å²) in [7, 11) is 0. The molecule has 0 aromatic rings. The van der Waals surface area contributed by atoms with E-state index in [-0.39, 0.29) is 0 Å². The smallest absolute Gasteiger partial charge is 0.00523 e. The first-order chi connectivity index (χ1) is 16.9. The minimum absolute atomic E-state index is 0.497. The highest BCUT2D eigenvalue weighted by Gasteiger charge is 2.37. The zero-order valence-corrected chi connectivity index (χ0v) is 24.9. The zero-order chi connectivity index (χ0) is 26.4. The summed E-state index contributed by atoms with van der Waals surface area (Å²) in [5, 5.41) is 0. The molecule has 4 unspecified atom stereocenters. The van der Waals surface area contributed by atoms with Crippen LogP contribution < -0.4 is 0 Å². The average molecular weight is 479 g/mol. The fraction of sp³-hybridized carbons (Fsp3) is 0.500. The van der Waals surface area contributed by atoms with Gasteiger partial charge in [0.05, 0.1) is 0 Å². The molecule has 5 aliphatic rings. The maximum atomic E-state index is 2.63. The summed E-state index contributed by atoms with van der Waals surface area (Å²) in [6.45, 7) is 28.7. The van der Waals surface area contributed by atoms with Crippen LogP contribution in [0.2, 0.25) is 0 Å². The van der Waals surface area contributed by atoms with Crippen molar-refractivity contribution in [1.29, 1.82) is 0 Å². The minimum atomic E-state index is 0.497. The van der Waals surface area contributed by atoms with Gasteiger partial charge in [0.1, 0.15) is 0 Å². The van der Waals surface area contributed by atoms with E-state index in [9.17, 15) is 0 Å². The molecule has 0 aromatic heterocycles. The van der Waals surface area contributed by atoms with Crippen LogP contribution in [0.3, 0.4) is 0 Å². The van der Waals surface area contributed by atoms with Crippen LogP contribution in [0, 0.1) is 23.7 Å². The summed E-state index contributed by atoms with van der Waals surface area (Å²) in [5.41, 5.74) is 24.7. The molecule has 0 saturated carbocycles. The monoisotopic (exact) mass is 478 g/mol. The molecule has 4 atom stereocenters. The Morgan fingerprint density at radius 1 is 0.583 bits per heavy atom. The maximum absolute atomic E-state index is 2.63. The van der Waals surface area contributed by atoms with E-state index >= 15 is 0 Å². The van der Waals surface area contributed by atoms with Crippen LogP contribution in [-0.2, 0) is 0 Å². The van der Waals surface area contributed by atoms with Gasteiger partial charge in [0.15, 0.2) is 0 Å². The van der Waals surface area contributed by atoms with Crippen molar-refractivity contribution in [3.05, 3.63) is 101 Å². The summed E-state index contributed by atoms with van der Waals surface area (Å²) in [5.74, 6) is 2.13. The lowest BCUT2D eigenvalue weighted by Gasteiger charge is -2.24. The van der Waals surface area contributed by atoms with E-state index in [1.165, 1.54) is 56.6 Å². The fourth-order valence-corrected chi connectivity index (χ4v) is 8.10. The lowest BCUT2D eigenvalue weighted by atomic mass is 9.80. The standard InChI is InChI=1S/C36H46/c1-17-18(2)30-13-29(17)25(9)31-14-33(20(4)19(31)3)27(11)35-16-36(24(8)23(35)7)28(12)34-15-32(26(30)10)21(5)22(34)6/h13,16,25,28-29,34H,14-15H2,1-12H3/b32-26+,35-27+. The Bertz CT molecular complexity index is 1370. The van der Waals surface area contributed by atoms with Gasteiger partial charge in [-0.2, -0.15) is 0 Å². The SMILES string of the molecule is CC1=C2CC(=C1C)C(C)C1C=C(C(C)=C1C)/C(C)=C1\CC(C(C)=C1C)C(C)C1=C/C(=C\2C)C(C)=C1C. The lowest BCUT2D eigenvalue weighted by molar-refractivity contribution is 0.482. The predicted molar refractivity (Wildman–Crippen MR) is 157 cm³/mol. The van der Waals surface area contributed by atoms with Gasteiger partial charge in [0, 0.05) is 5.92 Å². The quantitative estimate of drug-likeness (QED) is 0.325. The molecule has 190 valence electrons. The molecule has 0 fully saturated rings. The zero-order valence-electron chi connectivity index (χ0n) is 24.9. The Morgan fingerprint density at radius 2 is 1.25 bits per heavy atom. The third-order valence-corrected chi connectivity index (χ3v) is 11.3. The van der Waals surface area contributed by atoms with Crippen molar-refractivity contribution in [3.8, 4) is 0 Å². The van der Waals surface area contributed by atoms with E-state index in [1.807, 2.05) is 0 Å². The molecule has 0 aliphatic heterocycles. The largest absolute Gasteiger partial charge is 0.0689 e. The Labute approximate surface area is 220 Å². The molecule has 0 saturated heterocycles. The molecule has 0 heterocycles. The average Bonchev–Trinajstić information content (AvgIpc) is 3.52. The highest BCUT2D eigenvalue weighted by atomic mass is 14.4. The molecule has 36 heavy (non-hydrogen) atoms. The summed E-state index contributed by atoms with van der Waals surface area (Å²) in [4.78, 5) is 0. The van der Waals surface area contributed by atoms with Gasteiger partial charge in [0.25, 0.3) is 0 Å². The van der Waals surface area contributed by atoms with E-state index in [2.05, 4.69) is 95.2 Å². The molecule has 5 aliphatic carbocycles. The van der Waals surface area contributed by atoms with Gasteiger partial charge in [0.2, 0.25) is 0 Å². The van der Waals surface area contributed by atoms with Gasteiger partial charge >= 0.3 is 0 Å². The van der Waals surface area contributed by atoms with Crippen molar-refractivity contribution in [2.45, 2.75) is 95.9 Å². The molecule has 0 N–H and O–H groups in total. The third kappa shape index (κ3) is 3.39. The third-order valence-electron chi connectivity index (χ3n) is 11.3. The number of hydrogen-bond donors (Lipinski definition) is 0.